The van der Waals surface area contributed by atoms with E-state index in [1.165, 1.54) is 0 Å². The normalized spacial score (nSPS) is 11.3. The number of rotatable bonds is 4. The average molecular weight is 299 g/mol. The Hall–Kier alpha value is -0.910. The first kappa shape index (κ1) is 13.2. The van der Waals surface area contributed by atoms with Crippen LogP contribution in [0, 0.1) is 0 Å². The molecule has 0 saturated heterocycles. The number of benzene rings is 1. The van der Waals surface area contributed by atoms with Gasteiger partial charge in [-0.3, -0.25) is 0 Å². The second kappa shape index (κ2) is 5.43. The Balaban J connectivity index is 2.84. The molecule has 0 unspecified atom stereocenters. The van der Waals surface area contributed by atoms with Crippen LogP contribution in [-0.2, 0) is 0 Å². The molecular weight excluding hydrogens is 289 g/mol. The fourth-order valence-corrected chi connectivity index (χ4v) is 1.51. The van der Waals surface area contributed by atoms with Gasteiger partial charge in [-0.05, 0) is 35.0 Å². The van der Waals surface area contributed by atoms with E-state index in [9.17, 15) is 13.2 Å². The summed E-state index contributed by atoms with van der Waals surface area (Å²) in [7, 11) is 0. The number of halogens is 4. The number of ether oxygens (including phenoxy) is 2. The van der Waals surface area contributed by atoms with Gasteiger partial charge in [-0.2, -0.15) is 13.2 Å². The standard InChI is InChI=1S/C10H10BrF3O2/c1-2-15-8-5-3-4-7(11)9(8)16-6-10(12,13)14/h3-5H,2,6H2,1H3. The third-order valence-corrected chi connectivity index (χ3v) is 2.24. The molecule has 0 fully saturated rings. The summed E-state index contributed by atoms with van der Waals surface area (Å²) in [6.45, 7) is 0.767. The molecule has 1 aromatic rings. The van der Waals surface area contributed by atoms with Crippen LogP contribution in [0.3, 0.4) is 0 Å². The fraction of sp³-hybridized carbons (Fsp3) is 0.400. The largest absolute Gasteiger partial charge is 0.490 e. The molecule has 0 radical (unpaired) electrons. The van der Waals surface area contributed by atoms with Crippen molar-refractivity contribution in [1.82, 2.24) is 0 Å². The highest BCUT2D eigenvalue weighted by Gasteiger charge is 2.29. The maximum absolute atomic E-state index is 12.0. The number of alkyl halides is 3. The molecule has 0 amide bonds. The Labute approximate surface area is 99.5 Å². The van der Waals surface area contributed by atoms with Crippen molar-refractivity contribution in [3.05, 3.63) is 22.7 Å². The molecule has 0 aliphatic heterocycles. The maximum atomic E-state index is 12.0. The molecular formula is C10H10BrF3O2. The van der Waals surface area contributed by atoms with Crippen molar-refractivity contribution in [3.8, 4) is 11.5 Å². The van der Waals surface area contributed by atoms with Gasteiger partial charge in [0, 0.05) is 0 Å². The monoisotopic (exact) mass is 298 g/mol. The zero-order chi connectivity index (χ0) is 12.2. The van der Waals surface area contributed by atoms with E-state index in [0.717, 1.165) is 0 Å². The molecule has 0 aliphatic carbocycles. The van der Waals surface area contributed by atoms with Crippen LogP contribution in [0.5, 0.6) is 11.5 Å². The summed E-state index contributed by atoms with van der Waals surface area (Å²) in [6, 6.07) is 4.81. The fourth-order valence-electron chi connectivity index (χ4n) is 1.05. The van der Waals surface area contributed by atoms with E-state index >= 15 is 0 Å². The van der Waals surface area contributed by atoms with E-state index in [-0.39, 0.29) is 5.75 Å². The van der Waals surface area contributed by atoms with E-state index in [1.807, 2.05) is 0 Å². The van der Waals surface area contributed by atoms with E-state index in [4.69, 9.17) is 4.74 Å². The van der Waals surface area contributed by atoms with Crippen LogP contribution >= 0.6 is 15.9 Å². The summed E-state index contributed by atoms with van der Waals surface area (Å²) in [4.78, 5) is 0. The van der Waals surface area contributed by atoms with Crippen molar-refractivity contribution in [2.45, 2.75) is 13.1 Å². The second-order valence-electron chi connectivity index (χ2n) is 2.90. The van der Waals surface area contributed by atoms with Crippen LogP contribution in [-0.4, -0.2) is 19.4 Å². The van der Waals surface area contributed by atoms with Crippen molar-refractivity contribution in [2.75, 3.05) is 13.2 Å². The van der Waals surface area contributed by atoms with E-state index < -0.39 is 12.8 Å². The quantitative estimate of drug-likeness (QED) is 0.842. The SMILES string of the molecule is CCOc1cccc(Br)c1OCC(F)(F)F. The Morgan fingerprint density at radius 3 is 2.50 bits per heavy atom. The van der Waals surface area contributed by atoms with E-state index in [2.05, 4.69) is 20.7 Å². The van der Waals surface area contributed by atoms with Crippen LogP contribution in [0.15, 0.2) is 22.7 Å². The summed E-state index contributed by atoms with van der Waals surface area (Å²) in [5, 5.41) is 0. The lowest BCUT2D eigenvalue weighted by molar-refractivity contribution is -0.153. The van der Waals surface area contributed by atoms with Crippen LogP contribution in [0.2, 0.25) is 0 Å². The van der Waals surface area contributed by atoms with Gasteiger partial charge in [-0.1, -0.05) is 6.07 Å². The van der Waals surface area contributed by atoms with Gasteiger partial charge in [-0.25, -0.2) is 0 Å². The maximum Gasteiger partial charge on any atom is 0.422 e. The highest BCUT2D eigenvalue weighted by molar-refractivity contribution is 9.10. The van der Waals surface area contributed by atoms with Gasteiger partial charge in [-0.15, -0.1) is 0 Å². The summed E-state index contributed by atoms with van der Waals surface area (Å²) < 4.78 is 46.3. The summed E-state index contributed by atoms with van der Waals surface area (Å²) in [5.41, 5.74) is 0. The molecule has 2 nitrogen and oxygen atoms in total. The molecule has 0 bridgehead atoms. The Morgan fingerprint density at radius 1 is 1.25 bits per heavy atom. The number of hydrogen-bond donors (Lipinski definition) is 0. The second-order valence-corrected chi connectivity index (χ2v) is 3.76. The first-order valence-corrected chi connectivity index (χ1v) is 5.34. The minimum atomic E-state index is -4.36. The van der Waals surface area contributed by atoms with Crippen molar-refractivity contribution in [1.29, 1.82) is 0 Å². The lowest BCUT2D eigenvalue weighted by Gasteiger charge is -2.14. The average Bonchev–Trinajstić information content (AvgIpc) is 2.15. The molecule has 1 rings (SSSR count). The van der Waals surface area contributed by atoms with E-state index in [0.29, 0.717) is 16.8 Å². The summed E-state index contributed by atoms with van der Waals surface area (Å²) in [6.07, 6.45) is -4.36. The van der Waals surface area contributed by atoms with Gasteiger partial charge >= 0.3 is 6.18 Å². The third-order valence-electron chi connectivity index (χ3n) is 1.61. The third kappa shape index (κ3) is 3.92. The number of hydrogen-bond acceptors (Lipinski definition) is 2. The highest BCUT2D eigenvalue weighted by Crippen LogP contribution is 2.36. The predicted molar refractivity (Wildman–Crippen MR) is 56.9 cm³/mol. The molecule has 0 spiro atoms. The Kier molecular flexibility index (Phi) is 4.46. The van der Waals surface area contributed by atoms with Gasteiger partial charge in [0.05, 0.1) is 11.1 Å². The molecule has 90 valence electrons. The molecule has 6 heteroatoms. The van der Waals surface area contributed by atoms with Gasteiger partial charge in [0.15, 0.2) is 18.1 Å². The lowest BCUT2D eigenvalue weighted by atomic mass is 10.3. The van der Waals surface area contributed by atoms with Crippen LogP contribution in [0.25, 0.3) is 0 Å². The van der Waals surface area contributed by atoms with Crippen LogP contribution in [0.4, 0.5) is 13.2 Å². The Bertz CT molecular complexity index is 352. The minimum Gasteiger partial charge on any atom is -0.490 e. The first-order chi connectivity index (χ1) is 7.44. The zero-order valence-electron chi connectivity index (χ0n) is 8.47. The summed E-state index contributed by atoms with van der Waals surface area (Å²) in [5.74, 6) is 0.364. The molecule has 16 heavy (non-hydrogen) atoms. The molecule has 0 aliphatic rings. The molecule has 0 atom stereocenters. The number of para-hydroxylation sites is 1. The van der Waals surface area contributed by atoms with Crippen molar-refractivity contribution >= 4 is 15.9 Å². The van der Waals surface area contributed by atoms with Crippen molar-refractivity contribution < 1.29 is 22.6 Å². The van der Waals surface area contributed by atoms with E-state index in [1.54, 1.807) is 25.1 Å². The van der Waals surface area contributed by atoms with Gasteiger partial charge in [0.2, 0.25) is 0 Å². The van der Waals surface area contributed by atoms with Gasteiger partial charge in [0.1, 0.15) is 0 Å². The molecule has 0 heterocycles. The predicted octanol–water partition coefficient (Wildman–Crippen LogP) is 3.79. The van der Waals surface area contributed by atoms with Gasteiger partial charge < -0.3 is 9.47 Å². The Morgan fingerprint density at radius 2 is 1.94 bits per heavy atom. The molecule has 0 aromatic heterocycles. The first-order valence-electron chi connectivity index (χ1n) is 4.55. The van der Waals surface area contributed by atoms with Crippen LogP contribution < -0.4 is 9.47 Å². The highest BCUT2D eigenvalue weighted by atomic mass is 79.9. The zero-order valence-corrected chi connectivity index (χ0v) is 10.1. The molecule has 0 saturated carbocycles. The van der Waals surface area contributed by atoms with Crippen molar-refractivity contribution in [2.24, 2.45) is 0 Å². The summed E-state index contributed by atoms with van der Waals surface area (Å²) >= 11 is 3.11. The van der Waals surface area contributed by atoms with Crippen LogP contribution in [0.1, 0.15) is 6.92 Å². The molecule has 1 aromatic carbocycles. The molecule has 0 N–H and O–H groups in total. The van der Waals surface area contributed by atoms with Crippen molar-refractivity contribution in [3.63, 3.8) is 0 Å². The lowest BCUT2D eigenvalue weighted by Crippen LogP contribution is -2.19. The topological polar surface area (TPSA) is 18.5 Å². The minimum absolute atomic E-state index is 0.0710. The smallest absolute Gasteiger partial charge is 0.422 e. The van der Waals surface area contributed by atoms with Gasteiger partial charge in [0.25, 0.3) is 0 Å².